The van der Waals surface area contributed by atoms with Gasteiger partial charge >= 0.3 is 5.97 Å². The molecule has 1 unspecified atom stereocenters. The van der Waals surface area contributed by atoms with Crippen LogP contribution in [0.15, 0.2) is 36.4 Å². The molecule has 1 atom stereocenters. The summed E-state index contributed by atoms with van der Waals surface area (Å²) in [6.07, 6.45) is 8.47. The first-order valence-electron chi connectivity index (χ1n) is 11.8. The fourth-order valence-electron chi connectivity index (χ4n) is 4.08. The number of hydrogen-bond acceptors (Lipinski definition) is 2. The van der Waals surface area contributed by atoms with E-state index in [0.29, 0.717) is 6.54 Å². The minimum Gasteiger partial charge on any atom is -0.481 e. The highest BCUT2D eigenvalue weighted by Crippen LogP contribution is 2.29. The van der Waals surface area contributed by atoms with Crippen LogP contribution in [0, 0.1) is 25.5 Å². The molecule has 0 amide bonds. The Kier molecular flexibility index (Phi) is 11.4. The Morgan fingerprint density at radius 1 is 0.875 bits per heavy atom. The summed E-state index contributed by atoms with van der Waals surface area (Å²) < 4.78 is 27.7. The molecule has 5 heteroatoms. The first kappa shape index (κ1) is 26.0. The largest absolute Gasteiger partial charge is 0.481 e. The number of aliphatic carboxylic acids is 1. The van der Waals surface area contributed by atoms with Gasteiger partial charge in [-0.2, -0.15) is 0 Å². The molecule has 2 rings (SSSR count). The summed E-state index contributed by atoms with van der Waals surface area (Å²) in [7, 11) is 0. The molecule has 0 aromatic heterocycles. The summed E-state index contributed by atoms with van der Waals surface area (Å²) >= 11 is 0. The fourth-order valence-corrected chi connectivity index (χ4v) is 4.08. The van der Waals surface area contributed by atoms with Gasteiger partial charge in [-0.1, -0.05) is 50.3 Å². The van der Waals surface area contributed by atoms with Gasteiger partial charge in [-0.15, -0.1) is 0 Å². The van der Waals surface area contributed by atoms with Crippen LogP contribution in [0.1, 0.15) is 79.5 Å². The lowest BCUT2D eigenvalue weighted by Gasteiger charge is -2.19. The van der Waals surface area contributed by atoms with Crippen molar-refractivity contribution in [1.29, 1.82) is 0 Å². The standard InChI is InChI=1S/C27H37F2NO2/c1-20-10-11-22(15-21(20)2)16-23(24-17-25(28)19-26(29)18-24)9-7-5-3-4-6-8-13-30-14-12-27(31)32/h10-11,15,17-19,23,30H,3-9,12-14,16H2,1-2H3,(H,31,32). The summed E-state index contributed by atoms with van der Waals surface area (Å²) in [5.74, 6) is -1.70. The van der Waals surface area contributed by atoms with Gasteiger partial charge in [0.05, 0.1) is 6.42 Å². The van der Waals surface area contributed by atoms with E-state index >= 15 is 0 Å². The monoisotopic (exact) mass is 445 g/mol. The Labute approximate surface area is 191 Å². The zero-order valence-corrected chi connectivity index (χ0v) is 19.4. The van der Waals surface area contributed by atoms with Gasteiger partial charge in [-0.05, 0) is 80.0 Å². The number of carbonyl (C=O) groups is 1. The molecule has 0 aliphatic heterocycles. The maximum Gasteiger partial charge on any atom is 0.304 e. The van der Waals surface area contributed by atoms with E-state index in [1.54, 1.807) is 0 Å². The van der Waals surface area contributed by atoms with Gasteiger partial charge < -0.3 is 10.4 Å². The first-order chi connectivity index (χ1) is 15.3. The number of carboxylic acid groups (broad SMARTS) is 1. The van der Waals surface area contributed by atoms with Crippen LogP contribution in [0.25, 0.3) is 0 Å². The average molecular weight is 446 g/mol. The third kappa shape index (κ3) is 9.90. The van der Waals surface area contributed by atoms with E-state index in [1.165, 1.54) is 28.8 Å². The number of nitrogens with one attached hydrogen (secondary N) is 1. The Morgan fingerprint density at radius 3 is 2.19 bits per heavy atom. The molecule has 0 aliphatic carbocycles. The van der Waals surface area contributed by atoms with Crippen molar-refractivity contribution >= 4 is 5.97 Å². The van der Waals surface area contributed by atoms with Gasteiger partial charge in [0, 0.05) is 12.6 Å². The van der Waals surface area contributed by atoms with Crippen LogP contribution in [0.4, 0.5) is 8.78 Å². The van der Waals surface area contributed by atoms with Crippen molar-refractivity contribution in [3.63, 3.8) is 0 Å². The molecule has 2 aromatic rings. The molecular formula is C27H37F2NO2. The van der Waals surface area contributed by atoms with Crippen molar-refractivity contribution in [2.75, 3.05) is 13.1 Å². The van der Waals surface area contributed by atoms with Crippen LogP contribution in [0.2, 0.25) is 0 Å². The van der Waals surface area contributed by atoms with Gasteiger partial charge in [0.2, 0.25) is 0 Å². The minimum atomic E-state index is -0.769. The maximum atomic E-state index is 13.8. The van der Waals surface area contributed by atoms with E-state index in [2.05, 4.69) is 37.4 Å². The number of unbranched alkanes of at least 4 members (excludes halogenated alkanes) is 5. The molecule has 0 aliphatic rings. The number of carboxylic acids is 1. The minimum absolute atomic E-state index is 0.0979. The van der Waals surface area contributed by atoms with E-state index in [1.807, 2.05) is 0 Å². The molecule has 0 saturated heterocycles. The number of rotatable bonds is 15. The molecule has 0 radical (unpaired) electrons. The predicted molar refractivity (Wildman–Crippen MR) is 126 cm³/mol. The fraction of sp³-hybridized carbons (Fsp3) is 0.519. The highest BCUT2D eigenvalue weighted by Gasteiger charge is 2.15. The van der Waals surface area contributed by atoms with Crippen molar-refractivity contribution in [3.05, 3.63) is 70.3 Å². The number of halogens is 2. The SMILES string of the molecule is Cc1ccc(CC(CCCCCCCCNCCC(=O)O)c2cc(F)cc(F)c2)cc1C. The Hall–Kier alpha value is -2.27. The molecule has 3 nitrogen and oxygen atoms in total. The summed E-state index contributed by atoms with van der Waals surface area (Å²) in [6.45, 7) is 5.57. The van der Waals surface area contributed by atoms with Crippen molar-refractivity contribution in [1.82, 2.24) is 5.32 Å². The van der Waals surface area contributed by atoms with Gasteiger partial charge in [0.15, 0.2) is 0 Å². The molecule has 2 aromatic carbocycles. The Balaban J connectivity index is 1.79. The van der Waals surface area contributed by atoms with Gasteiger partial charge in [-0.25, -0.2) is 8.78 Å². The predicted octanol–water partition coefficient (Wildman–Crippen LogP) is 6.70. The van der Waals surface area contributed by atoms with Crippen molar-refractivity contribution in [3.8, 4) is 0 Å². The first-order valence-corrected chi connectivity index (χ1v) is 11.8. The molecule has 176 valence electrons. The molecule has 0 saturated carbocycles. The zero-order valence-electron chi connectivity index (χ0n) is 19.4. The lowest BCUT2D eigenvalue weighted by atomic mass is 9.86. The second kappa shape index (κ2) is 14.0. The van der Waals surface area contributed by atoms with Crippen LogP contribution in [0.5, 0.6) is 0 Å². The Bertz CT molecular complexity index is 833. The lowest BCUT2D eigenvalue weighted by Crippen LogP contribution is -2.19. The lowest BCUT2D eigenvalue weighted by molar-refractivity contribution is -0.136. The molecule has 0 fully saturated rings. The number of aryl methyl sites for hydroxylation is 2. The van der Waals surface area contributed by atoms with Gasteiger partial charge in [0.25, 0.3) is 0 Å². The molecule has 2 N–H and O–H groups in total. The zero-order chi connectivity index (χ0) is 23.3. The third-order valence-electron chi connectivity index (χ3n) is 6.08. The summed E-state index contributed by atoms with van der Waals surface area (Å²) in [4.78, 5) is 10.5. The number of benzene rings is 2. The summed E-state index contributed by atoms with van der Waals surface area (Å²) in [5.41, 5.74) is 4.44. The quantitative estimate of drug-likeness (QED) is 0.300. The smallest absolute Gasteiger partial charge is 0.304 e. The Morgan fingerprint density at radius 2 is 1.53 bits per heavy atom. The van der Waals surface area contributed by atoms with E-state index in [-0.39, 0.29) is 12.3 Å². The van der Waals surface area contributed by atoms with Crippen LogP contribution >= 0.6 is 0 Å². The van der Waals surface area contributed by atoms with Crippen LogP contribution < -0.4 is 5.32 Å². The van der Waals surface area contributed by atoms with Crippen molar-refractivity contribution < 1.29 is 18.7 Å². The van der Waals surface area contributed by atoms with Crippen LogP contribution in [0.3, 0.4) is 0 Å². The van der Waals surface area contributed by atoms with Crippen LogP contribution in [-0.2, 0) is 11.2 Å². The summed E-state index contributed by atoms with van der Waals surface area (Å²) in [6, 6.07) is 10.3. The topological polar surface area (TPSA) is 49.3 Å². The number of hydrogen-bond donors (Lipinski definition) is 2. The van der Waals surface area contributed by atoms with Gasteiger partial charge in [-0.3, -0.25) is 4.79 Å². The highest BCUT2D eigenvalue weighted by atomic mass is 19.1. The molecule has 32 heavy (non-hydrogen) atoms. The van der Waals surface area contributed by atoms with Gasteiger partial charge in [0.1, 0.15) is 11.6 Å². The second-order valence-corrected chi connectivity index (χ2v) is 8.83. The molecule has 0 heterocycles. The molecule has 0 bridgehead atoms. The van der Waals surface area contributed by atoms with Crippen LogP contribution in [-0.4, -0.2) is 24.2 Å². The normalized spacial score (nSPS) is 12.1. The van der Waals surface area contributed by atoms with E-state index < -0.39 is 17.6 Å². The van der Waals surface area contributed by atoms with Crippen molar-refractivity contribution in [2.45, 2.75) is 77.6 Å². The third-order valence-corrected chi connectivity index (χ3v) is 6.08. The maximum absolute atomic E-state index is 13.8. The summed E-state index contributed by atoms with van der Waals surface area (Å²) in [5, 5.41) is 11.8. The highest BCUT2D eigenvalue weighted by molar-refractivity contribution is 5.66. The average Bonchev–Trinajstić information content (AvgIpc) is 2.72. The van der Waals surface area contributed by atoms with E-state index in [4.69, 9.17) is 5.11 Å². The molecule has 0 spiro atoms. The molecular weight excluding hydrogens is 408 g/mol. The van der Waals surface area contributed by atoms with E-state index in [9.17, 15) is 13.6 Å². The van der Waals surface area contributed by atoms with Crippen molar-refractivity contribution in [2.24, 2.45) is 0 Å². The van der Waals surface area contributed by atoms with E-state index in [0.717, 1.165) is 69.5 Å². The second-order valence-electron chi connectivity index (χ2n) is 8.83.